The monoisotopic (exact) mass is 751 g/mol. The standard InChI is InChI=1S/C40H49N9O6/c1-25(2)30-23-42-49-36(30)45-40(55-28-17-19-47(3)20-18-28)46-39(49)41-22-26-11-13-27(14-12-26)43-34(50)10-5-4-6-21-54-33-9-7-8-29-31(33)24-48(38(29)53)32-15-16-35(51)44-37(32)52/h7-9,11-14,23,25,28,32H,4-6,10,15-22,24H2,1-3H3,(H,43,50)(H,41,45,46)(H,44,51,52). The summed E-state index contributed by atoms with van der Waals surface area (Å²) < 4.78 is 14.0. The van der Waals surface area contributed by atoms with Gasteiger partial charge in [-0.25, -0.2) is 0 Å². The second-order valence-corrected chi connectivity index (χ2v) is 14.9. The van der Waals surface area contributed by atoms with E-state index in [1.54, 1.807) is 16.6 Å². The van der Waals surface area contributed by atoms with Crippen LogP contribution < -0.4 is 25.4 Å². The second-order valence-electron chi connectivity index (χ2n) is 14.9. The van der Waals surface area contributed by atoms with Crippen molar-refractivity contribution in [3.05, 3.63) is 70.9 Å². The van der Waals surface area contributed by atoms with E-state index in [1.165, 1.54) is 4.90 Å². The average Bonchev–Trinajstić information content (AvgIpc) is 3.75. The number of hydrogen-bond acceptors (Lipinski definition) is 11. The Labute approximate surface area is 320 Å². The zero-order valence-corrected chi connectivity index (χ0v) is 31.7. The number of hydrogen-bond donors (Lipinski definition) is 3. The number of amides is 4. The molecular formula is C40H49N9O6. The van der Waals surface area contributed by atoms with Gasteiger partial charge in [0.05, 0.1) is 19.3 Å². The number of carbonyl (C=O) groups is 4. The molecule has 0 radical (unpaired) electrons. The van der Waals surface area contributed by atoms with Crippen LogP contribution in [0.25, 0.3) is 5.65 Å². The number of nitrogens with zero attached hydrogens (tertiary/aromatic N) is 6. The number of carbonyl (C=O) groups excluding carboxylic acids is 4. The van der Waals surface area contributed by atoms with Crippen molar-refractivity contribution in [1.29, 1.82) is 0 Å². The molecule has 2 saturated heterocycles. The lowest BCUT2D eigenvalue weighted by molar-refractivity contribution is -0.137. The first-order chi connectivity index (χ1) is 26.6. The molecule has 1 unspecified atom stereocenters. The van der Waals surface area contributed by atoms with Crippen molar-refractivity contribution in [2.45, 2.75) is 96.4 Å². The lowest BCUT2D eigenvalue weighted by Crippen LogP contribution is -2.52. The molecule has 4 aromatic rings. The molecule has 55 heavy (non-hydrogen) atoms. The number of piperidine rings is 2. The SMILES string of the molecule is CC(C)c1cnn2c(NCc3ccc(NC(=O)CCCCCOc4cccc5c4CN(C4CCC(=O)NC4=O)C5=O)cc3)nc(OC3CCN(C)CC3)nc12. The molecule has 0 aliphatic carbocycles. The van der Waals surface area contributed by atoms with Gasteiger partial charge in [0.2, 0.25) is 23.7 Å². The Balaban J connectivity index is 0.849. The van der Waals surface area contributed by atoms with Gasteiger partial charge in [-0.1, -0.05) is 32.0 Å². The maximum absolute atomic E-state index is 13.1. The van der Waals surface area contributed by atoms with Crippen LogP contribution in [0, 0.1) is 0 Å². The summed E-state index contributed by atoms with van der Waals surface area (Å²) in [6.45, 7) is 7.39. The van der Waals surface area contributed by atoms with Crippen molar-refractivity contribution in [3.8, 4) is 11.8 Å². The maximum atomic E-state index is 13.1. The summed E-state index contributed by atoms with van der Waals surface area (Å²) in [7, 11) is 2.12. The molecule has 3 aliphatic heterocycles. The summed E-state index contributed by atoms with van der Waals surface area (Å²) in [5, 5.41) is 13.3. The highest BCUT2D eigenvalue weighted by atomic mass is 16.5. The largest absolute Gasteiger partial charge is 0.493 e. The first kappa shape index (κ1) is 37.7. The van der Waals surface area contributed by atoms with Crippen molar-refractivity contribution >= 4 is 40.9 Å². The van der Waals surface area contributed by atoms with E-state index in [1.807, 2.05) is 36.5 Å². The van der Waals surface area contributed by atoms with Gasteiger partial charge in [-0.2, -0.15) is 19.6 Å². The first-order valence-corrected chi connectivity index (χ1v) is 19.3. The Morgan fingerprint density at radius 1 is 1.00 bits per heavy atom. The lowest BCUT2D eigenvalue weighted by Gasteiger charge is -2.29. The highest BCUT2D eigenvalue weighted by Crippen LogP contribution is 2.34. The Hall–Kier alpha value is -5.57. The molecule has 2 aromatic carbocycles. The van der Waals surface area contributed by atoms with E-state index in [2.05, 4.69) is 46.8 Å². The molecule has 7 rings (SSSR count). The summed E-state index contributed by atoms with van der Waals surface area (Å²) in [5.41, 5.74) is 4.77. The minimum Gasteiger partial charge on any atom is -0.493 e. The van der Waals surface area contributed by atoms with E-state index in [0.717, 1.165) is 66.8 Å². The number of likely N-dealkylation sites (tertiary alicyclic amines) is 1. The Kier molecular flexibility index (Phi) is 11.6. The van der Waals surface area contributed by atoms with Crippen LogP contribution in [0.3, 0.4) is 0 Å². The molecule has 0 bridgehead atoms. The predicted octanol–water partition coefficient (Wildman–Crippen LogP) is 4.67. The lowest BCUT2D eigenvalue weighted by atomic mass is 10.0. The van der Waals surface area contributed by atoms with Crippen molar-refractivity contribution < 1.29 is 28.7 Å². The number of imide groups is 1. The molecule has 2 fully saturated rings. The molecule has 15 heteroatoms. The number of nitrogens with one attached hydrogen (secondary N) is 3. The molecular weight excluding hydrogens is 702 g/mol. The Morgan fingerprint density at radius 3 is 2.56 bits per heavy atom. The van der Waals surface area contributed by atoms with Gasteiger partial charge < -0.3 is 29.9 Å². The molecule has 5 heterocycles. The van der Waals surface area contributed by atoms with E-state index in [4.69, 9.17) is 19.4 Å². The van der Waals surface area contributed by atoms with Crippen LogP contribution in [0.2, 0.25) is 0 Å². The number of fused-ring (bicyclic) bond motifs is 2. The van der Waals surface area contributed by atoms with Crippen molar-refractivity contribution in [3.63, 3.8) is 0 Å². The molecule has 290 valence electrons. The molecule has 15 nitrogen and oxygen atoms in total. The summed E-state index contributed by atoms with van der Waals surface area (Å²) in [6.07, 6.45) is 6.92. The van der Waals surface area contributed by atoms with Crippen LogP contribution in [-0.2, 0) is 27.5 Å². The summed E-state index contributed by atoms with van der Waals surface area (Å²) >= 11 is 0. The van der Waals surface area contributed by atoms with Crippen molar-refractivity contribution in [1.82, 2.24) is 34.7 Å². The maximum Gasteiger partial charge on any atom is 0.322 e. The molecule has 2 aromatic heterocycles. The third-order valence-corrected chi connectivity index (χ3v) is 10.5. The third-order valence-electron chi connectivity index (χ3n) is 10.5. The Bertz CT molecular complexity index is 2040. The zero-order valence-electron chi connectivity index (χ0n) is 31.7. The van der Waals surface area contributed by atoms with Crippen LogP contribution >= 0.6 is 0 Å². The molecule has 3 N–H and O–H groups in total. The highest BCUT2D eigenvalue weighted by molar-refractivity contribution is 6.05. The highest BCUT2D eigenvalue weighted by Gasteiger charge is 2.40. The smallest absolute Gasteiger partial charge is 0.322 e. The molecule has 0 saturated carbocycles. The van der Waals surface area contributed by atoms with Crippen LogP contribution in [0.15, 0.2) is 48.7 Å². The number of rotatable bonds is 15. The first-order valence-electron chi connectivity index (χ1n) is 19.3. The van der Waals surface area contributed by atoms with E-state index in [0.29, 0.717) is 55.7 Å². The van der Waals surface area contributed by atoms with Crippen LogP contribution in [0.1, 0.15) is 98.2 Å². The Morgan fingerprint density at radius 2 is 1.80 bits per heavy atom. The molecule has 3 aliphatic rings. The van der Waals surface area contributed by atoms with Crippen LogP contribution in [0.4, 0.5) is 11.6 Å². The fourth-order valence-corrected chi connectivity index (χ4v) is 7.25. The normalized spacial score (nSPS) is 17.8. The second kappa shape index (κ2) is 16.8. The van der Waals surface area contributed by atoms with Gasteiger partial charge in [0.25, 0.3) is 5.91 Å². The minimum absolute atomic E-state index is 0.0557. The fraction of sp³-hybridized carbons (Fsp3) is 0.475. The van der Waals surface area contributed by atoms with Gasteiger partial charge in [-0.05, 0) is 81.3 Å². The summed E-state index contributed by atoms with van der Waals surface area (Å²) in [6, 6.07) is 12.7. The van der Waals surface area contributed by atoms with E-state index in [9.17, 15) is 19.2 Å². The van der Waals surface area contributed by atoms with Gasteiger partial charge in [0, 0.05) is 54.9 Å². The number of aromatic nitrogens is 4. The average molecular weight is 752 g/mol. The topological polar surface area (TPSA) is 172 Å². The molecule has 0 spiro atoms. The summed E-state index contributed by atoms with van der Waals surface area (Å²) in [5.74, 6) is 0.380. The van der Waals surface area contributed by atoms with Gasteiger partial charge in [-0.3, -0.25) is 24.5 Å². The quantitative estimate of drug-likeness (QED) is 0.114. The van der Waals surface area contributed by atoms with Crippen LogP contribution in [0.5, 0.6) is 11.8 Å². The zero-order chi connectivity index (χ0) is 38.5. The predicted molar refractivity (Wildman–Crippen MR) is 205 cm³/mol. The van der Waals surface area contributed by atoms with Gasteiger partial charge in [-0.15, -0.1) is 0 Å². The number of ether oxygens (including phenoxy) is 2. The van der Waals surface area contributed by atoms with E-state index in [-0.39, 0.29) is 42.7 Å². The van der Waals surface area contributed by atoms with Crippen molar-refractivity contribution in [2.75, 3.05) is 37.4 Å². The van der Waals surface area contributed by atoms with Gasteiger partial charge in [0.1, 0.15) is 17.9 Å². The van der Waals surface area contributed by atoms with E-state index < -0.39 is 11.9 Å². The minimum atomic E-state index is -0.669. The van der Waals surface area contributed by atoms with Crippen molar-refractivity contribution in [2.24, 2.45) is 0 Å². The van der Waals surface area contributed by atoms with E-state index >= 15 is 0 Å². The number of benzene rings is 2. The molecule has 4 amide bonds. The van der Waals surface area contributed by atoms with Gasteiger partial charge in [0.15, 0.2) is 5.65 Å². The summed E-state index contributed by atoms with van der Waals surface area (Å²) in [4.78, 5) is 63.0. The third kappa shape index (κ3) is 8.88. The molecule has 1 atom stereocenters. The number of unbranched alkanes of at least 4 members (excludes halogenated alkanes) is 2. The fourth-order valence-electron chi connectivity index (χ4n) is 7.25. The van der Waals surface area contributed by atoms with Crippen LogP contribution in [-0.4, -0.2) is 91.9 Å². The van der Waals surface area contributed by atoms with Gasteiger partial charge >= 0.3 is 6.01 Å². The number of anilines is 2.